The van der Waals surface area contributed by atoms with E-state index in [0.717, 1.165) is 42.6 Å². The van der Waals surface area contributed by atoms with Crippen molar-refractivity contribution in [2.75, 3.05) is 7.11 Å². The second-order valence-electron chi connectivity index (χ2n) is 10.6. The number of nitrogens with one attached hydrogen (secondary N) is 1. The molecule has 5 rings (SSSR count). The van der Waals surface area contributed by atoms with Gasteiger partial charge >= 0.3 is 0 Å². The molecule has 198 valence electrons. The summed E-state index contributed by atoms with van der Waals surface area (Å²) in [6, 6.07) is 14.9. The van der Waals surface area contributed by atoms with E-state index in [9.17, 15) is 14.3 Å². The highest BCUT2D eigenvalue weighted by Crippen LogP contribution is 2.33. The smallest absolute Gasteiger partial charge is 0.251 e. The van der Waals surface area contributed by atoms with Gasteiger partial charge in [0.2, 0.25) is 0 Å². The number of carbonyl (C=O) groups excluding carboxylic acids is 1. The first kappa shape index (κ1) is 25.9. The fourth-order valence-corrected chi connectivity index (χ4v) is 5.31. The molecule has 0 aliphatic heterocycles. The van der Waals surface area contributed by atoms with Crippen LogP contribution in [0.3, 0.4) is 0 Å². The molecule has 1 fully saturated rings. The molecule has 0 saturated heterocycles. The molecule has 0 unspecified atom stereocenters. The zero-order valence-corrected chi connectivity index (χ0v) is 21.9. The summed E-state index contributed by atoms with van der Waals surface area (Å²) in [4.78, 5) is 17.2. The number of halogens is 1. The summed E-state index contributed by atoms with van der Waals surface area (Å²) in [5.41, 5.74) is 2.62. The predicted octanol–water partition coefficient (Wildman–Crippen LogP) is 5.35. The number of carbonyl (C=O) groups is 1. The van der Waals surface area contributed by atoms with E-state index in [1.165, 1.54) is 6.20 Å². The first-order chi connectivity index (χ1) is 18.2. The first-order valence-corrected chi connectivity index (χ1v) is 13.0. The normalized spacial score (nSPS) is 17.9. The van der Waals surface area contributed by atoms with E-state index in [4.69, 9.17) is 4.74 Å². The van der Waals surface area contributed by atoms with Crippen LogP contribution in [0.1, 0.15) is 55.5 Å². The summed E-state index contributed by atoms with van der Waals surface area (Å²) < 4.78 is 21.7. The van der Waals surface area contributed by atoms with Crippen LogP contribution in [-0.4, -0.2) is 44.5 Å². The average molecular weight is 517 g/mol. The molecular weight excluding hydrogens is 483 g/mol. The minimum Gasteiger partial charge on any atom is -0.497 e. The lowest BCUT2D eigenvalue weighted by Crippen LogP contribution is -2.41. The standard InChI is InChI=1S/C30H33FN4O3/c1-30(2,37)22-10-12-23(13-11-22)34-29(36)21-8-6-20(7-9-21)27-25-16-33-35(28(25)26(31)17-32-27)18-19-4-14-24(38-3)15-5-19/h4-9,14-17,22-23,37H,10-13,18H2,1-3H3,(H,34,36)/t22-,23-. The Labute approximate surface area is 221 Å². The van der Waals surface area contributed by atoms with Crippen LogP contribution in [0.5, 0.6) is 5.75 Å². The Morgan fingerprint density at radius 1 is 1.08 bits per heavy atom. The van der Waals surface area contributed by atoms with Crippen molar-refractivity contribution in [1.82, 2.24) is 20.1 Å². The van der Waals surface area contributed by atoms with Crippen molar-refractivity contribution in [2.45, 2.75) is 57.7 Å². The lowest BCUT2D eigenvalue weighted by Gasteiger charge is -2.36. The predicted molar refractivity (Wildman–Crippen MR) is 145 cm³/mol. The fourth-order valence-electron chi connectivity index (χ4n) is 5.31. The van der Waals surface area contributed by atoms with E-state index in [1.807, 2.05) is 50.2 Å². The number of pyridine rings is 1. The Balaban J connectivity index is 1.31. The zero-order valence-electron chi connectivity index (χ0n) is 21.9. The molecule has 2 N–H and O–H groups in total. The SMILES string of the molecule is COc1ccc(Cn2ncc3c(-c4ccc(C(=O)N[C@H]5CC[C@H](C(C)(C)O)CC5)cc4)ncc(F)c32)cc1. The molecule has 4 aromatic rings. The van der Waals surface area contributed by atoms with Gasteiger partial charge in [-0.3, -0.25) is 14.5 Å². The number of methoxy groups -OCH3 is 1. The molecule has 2 aromatic heterocycles. The van der Waals surface area contributed by atoms with Gasteiger partial charge in [0.1, 0.15) is 11.3 Å². The van der Waals surface area contributed by atoms with Gasteiger partial charge in [-0.15, -0.1) is 0 Å². The second-order valence-corrected chi connectivity index (χ2v) is 10.6. The maximum atomic E-state index is 14.9. The Morgan fingerprint density at radius 3 is 2.39 bits per heavy atom. The molecule has 2 heterocycles. The fraction of sp³-hybridized carbons (Fsp3) is 0.367. The Bertz CT molecular complexity index is 1420. The van der Waals surface area contributed by atoms with Gasteiger partial charge in [-0.05, 0) is 75.3 Å². The molecule has 8 heteroatoms. The Kier molecular flexibility index (Phi) is 7.17. The van der Waals surface area contributed by atoms with Crippen LogP contribution in [0.2, 0.25) is 0 Å². The van der Waals surface area contributed by atoms with E-state index in [1.54, 1.807) is 30.1 Å². The van der Waals surface area contributed by atoms with E-state index >= 15 is 0 Å². The second kappa shape index (κ2) is 10.5. The Morgan fingerprint density at radius 2 is 1.76 bits per heavy atom. The summed E-state index contributed by atoms with van der Waals surface area (Å²) in [6.07, 6.45) is 6.36. The number of aliphatic hydroxyl groups is 1. The number of hydrogen-bond acceptors (Lipinski definition) is 5. The van der Waals surface area contributed by atoms with Gasteiger partial charge in [0.05, 0.1) is 37.3 Å². The molecule has 1 aliphatic rings. The highest BCUT2D eigenvalue weighted by atomic mass is 19.1. The van der Waals surface area contributed by atoms with E-state index in [-0.39, 0.29) is 17.9 Å². The summed E-state index contributed by atoms with van der Waals surface area (Å²) in [5, 5.41) is 18.4. The topological polar surface area (TPSA) is 89.3 Å². The number of fused-ring (bicyclic) bond motifs is 1. The van der Waals surface area contributed by atoms with Crippen molar-refractivity contribution >= 4 is 16.8 Å². The molecule has 1 saturated carbocycles. The van der Waals surface area contributed by atoms with Crippen molar-refractivity contribution in [2.24, 2.45) is 5.92 Å². The minimum atomic E-state index is -0.684. The molecule has 38 heavy (non-hydrogen) atoms. The van der Waals surface area contributed by atoms with Gasteiger partial charge in [0.25, 0.3) is 5.91 Å². The summed E-state index contributed by atoms with van der Waals surface area (Å²) in [6.45, 7) is 4.12. The minimum absolute atomic E-state index is 0.107. The molecular formula is C30H33FN4O3. The third kappa shape index (κ3) is 5.41. The number of amides is 1. The maximum Gasteiger partial charge on any atom is 0.251 e. The third-order valence-electron chi connectivity index (χ3n) is 7.60. The van der Waals surface area contributed by atoms with E-state index in [0.29, 0.717) is 28.7 Å². The van der Waals surface area contributed by atoms with Crippen molar-refractivity contribution in [1.29, 1.82) is 0 Å². The monoisotopic (exact) mass is 516 g/mol. The van der Waals surface area contributed by atoms with Crippen molar-refractivity contribution in [3.8, 4) is 17.0 Å². The number of ether oxygens (including phenoxy) is 1. The van der Waals surface area contributed by atoms with Crippen LogP contribution in [0.15, 0.2) is 60.9 Å². The molecule has 0 spiro atoms. The van der Waals surface area contributed by atoms with Crippen LogP contribution >= 0.6 is 0 Å². The number of hydrogen-bond donors (Lipinski definition) is 2. The zero-order chi connectivity index (χ0) is 26.9. The molecule has 0 atom stereocenters. The van der Waals surface area contributed by atoms with Gasteiger partial charge in [-0.1, -0.05) is 24.3 Å². The van der Waals surface area contributed by atoms with Crippen LogP contribution in [-0.2, 0) is 6.54 Å². The number of benzene rings is 2. The third-order valence-corrected chi connectivity index (χ3v) is 7.60. The van der Waals surface area contributed by atoms with E-state index < -0.39 is 11.4 Å². The molecule has 0 radical (unpaired) electrons. The lowest BCUT2D eigenvalue weighted by molar-refractivity contribution is -0.00257. The lowest BCUT2D eigenvalue weighted by atomic mass is 9.77. The maximum absolute atomic E-state index is 14.9. The highest BCUT2D eigenvalue weighted by Gasteiger charge is 2.31. The largest absolute Gasteiger partial charge is 0.497 e. The quantitative estimate of drug-likeness (QED) is 0.346. The number of aromatic nitrogens is 3. The molecule has 1 amide bonds. The number of rotatable bonds is 7. The van der Waals surface area contributed by atoms with Gasteiger partial charge in [-0.2, -0.15) is 5.10 Å². The Hall–Kier alpha value is -3.78. The van der Waals surface area contributed by atoms with Crippen LogP contribution in [0, 0.1) is 11.7 Å². The summed E-state index contributed by atoms with van der Waals surface area (Å²) >= 11 is 0. The molecule has 2 aromatic carbocycles. The average Bonchev–Trinajstić information content (AvgIpc) is 3.34. The van der Waals surface area contributed by atoms with Gasteiger partial charge in [-0.25, -0.2) is 4.39 Å². The van der Waals surface area contributed by atoms with Gasteiger partial charge in [0.15, 0.2) is 5.82 Å². The molecule has 1 aliphatic carbocycles. The molecule has 7 nitrogen and oxygen atoms in total. The highest BCUT2D eigenvalue weighted by molar-refractivity contribution is 5.96. The van der Waals surface area contributed by atoms with Crippen LogP contribution < -0.4 is 10.1 Å². The van der Waals surface area contributed by atoms with Crippen LogP contribution in [0.4, 0.5) is 4.39 Å². The first-order valence-electron chi connectivity index (χ1n) is 13.0. The van der Waals surface area contributed by atoms with Crippen molar-refractivity contribution < 1.29 is 19.0 Å². The van der Waals surface area contributed by atoms with Crippen molar-refractivity contribution in [3.63, 3.8) is 0 Å². The molecule has 0 bridgehead atoms. The van der Waals surface area contributed by atoms with Gasteiger partial charge in [0, 0.05) is 22.6 Å². The van der Waals surface area contributed by atoms with E-state index in [2.05, 4.69) is 15.4 Å². The summed E-state index contributed by atoms with van der Waals surface area (Å²) in [5.74, 6) is 0.459. The van der Waals surface area contributed by atoms with Crippen LogP contribution in [0.25, 0.3) is 22.2 Å². The van der Waals surface area contributed by atoms with Crippen molar-refractivity contribution in [3.05, 3.63) is 77.9 Å². The number of nitrogens with zero attached hydrogens (tertiary/aromatic N) is 3. The van der Waals surface area contributed by atoms with Gasteiger partial charge < -0.3 is 15.2 Å². The summed E-state index contributed by atoms with van der Waals surface area (Å²) in [7, 11) is 1.62.